The number of anilines is 1. The fourth-order valence-electron chi connectivity index (χ4n) is 4.35. The third-order valence-corrected chi connectivity index (χ3v) is 5.82. The zero-order chi connectivity index (χ0) is 23.3. The smallest absolute Gasteiger partial charge is 0.434 e. The van der Waals surface area contributed by atoms with Gasteiger partial charge in [-0.25, -0.2) is 14.8 Å². The molecule has 1 amide bonds. The molecule has 1 aliphatic carbocycles. The van der Waals surface area contributed by atoms with Gasteiger partial charge in [0.15, 0.2) is 5.69 Å². The molecule has 0 spiro atoms. The second-order valence-electron chi connectivity index (χ2n) is 8.06. The highest BCUT2D eigenvalue weighted by atomic mass is 19.4. The Labute approximate surface area is 181 Å². The van der Waals surface area contributed by atoms with Crippen molar-refractivity contribution in [1.82, 2.24) is 15.0 Å². The summed E-state index contributed by atoms with van der Waals surface area (Å²) in [5.74, 6) is -1.85. The van der Waals surface area contributed by atoms with Gasteiger partial charge in [-0.05, 0) is 23.8 Å². The summed E-state index contributed by atoms with van der Waals surface area (Å²) >= 11 is 0. The molecule has 0 bridgehead atoms. The molecule has 7 nitrogen and oxygen atoms in total. The van der Waals surface area contributed by atoms with Crippen LogP contribution in [-0.4, -0.2) is 33.9 Å². The van der Waals surface area contributed by atoms with E-state index < -0.39 is 40.7 Å². The molecule has 2 aromatic heterocycles. The fraction of sp³-hybridized carbons (Fsp3) is 0.318. The van der Waals surface area contributed by atoms with E-state index in [1.807, 2.05) is 0 Å². The lowest BCUT2D eigenvalue weighted by molar-refractivity contribution is -0.141. The van der Waals surface area contributed by atoms with Gasteiger partial charge in [-0.1, -0.05) is 26.0 Å². The largest absolute Gasteiger partial charge is 0.465 e. The number of carbonyl (C=O) groups excluding carboxylic acids is 2. The van der Waals surface area contributed by atoms with Gasteiger partial charge in [-0.3, -0.25) is 14.7 Å². The van der Waals surface area contributed by atoms with E-state index in [-0.39, 0.29) is 5.91 Å². The Hall–Kier alpha value is -3.56. The van der Waals surface area contributed by atoms with Crippen LogP contribution >= 0.6 is 0 Å². The topological polar surface area (TPSA) is 85.3 Å². The molecular formula is C22H19F3N4O3. The zero-order valence-electron chi connectivity index (χ0n) is 17.4. The first-order valence-corrected chi connectivity index (χ1v) is 9.71. The van der Waals surface area contributed by atoms with Crippen molar-refractivity contribution < 1.29 is 27.5 Å². The van der Waals surface area contributed by atoms with Crippen molar-refractivity contribution in [1.29, 1.82) is 0 Å². The number of amides is 1. The van der Waals surface area contributed by atoms with E-state index in [2.05, 4.69) is 19.7 Å². The number of fused-ring (bicyclic) bond motifs is 1. The minimum absolute atomic E-state index is 0.200. The number of hydrogen-bond donors (Lipinski definition) is 0. The van der Waals surface area contributed by atoms with E-state index in [9.17, 15) is 22.8 Å². The van der Waals surface area contributed by atoms with Crippen LogP contribution in [0.25, 0.3) is 0 Å². The number of halogens is 3. The quantitative estimate of drug-likeness (QED) is 0.668. The molecule has 0 radical (unpaired) electrons. The van der Waals surface area contributed by atoms with Gasteiger partial charge in [-0.2, -0.15) is 13.2 Å². The second-order valence-corrected chi connectivity index (χ2v) is 8.06. The molecule has 1 fully saturated rings. The highest BCUT2D eigenvalue weighted by Crippen LogP contribution is 2.53. The Morgan fingerprint density at radius 1 is 1.25 bits per heavy atom. The first-order chi connectivity index (χ1) is 15.1. The molecule has 1 aliphatic heterocycles. The summed E-state index contributed by atoms with van der Waals surface area (Å²) in [6, 6.07) is 2.76. The molecule has 0 aromatic carbocycles. The van der Waals surface area contributed by atoms with Crippen LogP contribution in [0.1, 0.15) is 41.4 Å². The molecule has 32 heavy (non-hydrogen) atoms. The Kier molecular flexibility index (Phi) is 5.10. The van der Waals surface area contributed by atoms with Crippen LogP contribution in [0.2, 0.25) is 0 Å². The summed E-state index contributed by atoms with van der Waals surface area (Å²) in [7, 11) is 1.01. The SMILES string of the molecule is COC(=O)c1cc(C2C=CC=C3C2C(C)(C)C(=O)N3c2ccncn2)cnc1C(F)(F)F. The number of alkyl halides is 3. The third-order valence-electron chi connectivity index (χ3n) is 5.82. The molecule has 2 atom stereocenters. The van der Waals surface area contributed by atoms with Crippen molar-refractivity contribution in [3.05, 3.63) is 71.6 Å². The van der Waals surface area contributed by atoms with Crippen molar-refractivity contribution >= 4 is 17.7 Å². The van der Waals surface area contributed by atoms with Gasteiger partial charge in [0, 0.05) is 29.9 Å². The molecule has 0 N–H and O–H groups in total. The third kappa shape index (κ3) is 3.35. The van der Waals surface area contributed by atoms with E-state index in [4.69, 9.17) is 0 Å². The summed E-state index contributed by atoms with van der Waals surface area (Å²) in [4.78, 5) is 38.5. The summed E-state index contributed by atoms with van der Waals surface area (Å²) in [5.41, 5.74) is -1.86. The summed E-state index contributed by atoms with van der Waals surface area (Å²) < 4.78 is 44.7. The van der Waals surface area contributed by atoms with Crippen molar-refractivity contribution in [2.75, 3.05) is 12.0 Å². The lowest BCUT2D eigenvalue weighted by Crippen LogP contribution is -2.33. The number of esters is 1. The zero-order valence-corrected chi connectivity index (χ0v) is 17.4. The predicted molar refractivity (Wildman–Crippen MR) is 107 cm³/mol. The first-order valence-electron chi connectivity index (χ1n) is 9.71. The van der Waals surface area contributed by atoms with Crippen LogP contribution in [0.5, 0.6) is 0 Å². The minimum atomic E-state index is -4.82. The minimum Gasteiger partial charge on any atom is -0.465 e. The molecule has 2 aliphatic rings. The van der Waals surface area contributed by atoms with Crippen LogP contribution < -0.4 is 4.90 Å². The van der Waals surface area contributed by atoms with E-state index >= 15 is 0 Å². The molecule has 2 aromatic rings. The highest BCUT2D eigenvalue weighted by Gasteiger charge is 2.55. The number of aromatic nitrogens is 3. The van der Waals surface area contributed by atoms with Crippen LogP contribution in [0.15, 0.2) is 54.8 Å². The van der Waals surface area contributed by atoms with Gasteiger partial charge in [-0.15, -0.1) is 0 Å². The number of nitrogens with zero attached hydrogens (tertiary/aromatic N) is 4. The van der Waals surface area contributed by atoms with E-state index in [0.29, 0.717) is 17.1 Å². The summed E-state index contributed by atoms with van der Waals surface area (Å²) in [6.45, 7) is 3.56. The number of methoxy groups -OCH3 is 1. The molecule has 2 unspecified atom stereocenters. The van der Waals surface area contributed by atoms with Gasteiger partial charge >= 0.3 is 12.1 Å². The average Bonchev–Trinajstić information content (AvgIpc) is 2.98. The number of pyridine rings is 1. The van der Waals surface area contributed by atoms with Gasteiger partial charge in [0.1, 0.15) is 12.1 Å². The molecule has 166 valence electrons. The number of allylic oxidation sites excluding steroid dienone is 4. The van der Waals surface area contributed by atoms with Crippen molar-refractivity contribution in [2.24, 2.45) is 11.3 Å². The van der Waals surface area contributed by atoms with Crippen molar-refractivity contribution in [2.45, 2.75) is 25.9 Å². The summed E-state index contributed by atoms with van der Waals surface area (Å²) in [6.07, 6.45) is 4.45. The Morgan fingerprint density at radius 3 is 2.62 bits per heavy atom. The maximum atomic E-state index is 13.4. The van der Waals surface area contributed by atoms with Crippen LogP contribution in [0, 0.1) is 11.3 Å². The van der Waals surface area contributed by atoms with Gasteiger partial charge in [0.25, 0.3) is 0 Å². The normalized spacial score (nSPS) is 21.9. The van der Waals surface area contributed by atoms with E-state index in [1.54, 1.807) is 38.1 Å². The standard InChI is InChI=1S/C22H19F3N4O3/c1-21(2)17-13(12-9-14(19(30)32-3)18(27-10-12)22(23,24)25)5-4-6-15(17)29(20(21)31)16-7-8-26-11-28-16/h4-11,13,17H,1-3H3. The highest BCUT2D eigenvalue weighted by molar-refractivity contribution is 6.03. The summed E-state index contributed by atoms with van der Waals surface area (Å²) in [5, 5.41) is 0. The van der Waals surface area contributed by atoms with Gasteiger partial charge in [0.05, 0.1) is 18.1 Å². The van der Waals surface area contributed by atoms with Crippen molar-refractivity contribution in [3.8, 4) is 0 Å². The molecule has 3 heterocycles. The van der Waals surface area contributed by atoms with E-state index in [1.165, 1.54) is 17.4 Å². The number of carbonyl (C=O) groups is 2. The van der Waals surface area contributed by atoms with E-state index in [0.717, 1.165) is 19.4 Å². The lowest BCUT2D eigenvalue weighted by atomic mass is 9.69. The van der Waals surface area contributed by atoms with Crippen LogP contribution in [0.4, 0.5) is 19.0 Å². The maximum absolute atomic E-state index is 13.4. The monoisotopic (exact) mass is 444 g/mol. The molecule has 1 saturated heterocycles. The molecule has 4 rings (SSSR count). The average molecular weight is 444 g/mol. The Morgan fingerprint density at radius 2 is 2.00 bits per heavy atom. The second kappa shape index (κ2) is 7.54. The molecule has 10 heteroatoms. The first kappa shape index (κ1) is 21.7. The predicted octanol–water partition coefficient (Wildman–Crippen LogP) is 3.90. The number of rotatable bonds is 3. The van der Waals surface area contributed by atoms with Crippen molar-refractivity contribution in [3.63, 3.8) is 0 Å². The Bertz CT molecular complexity index is 1140. The molecule has 0 saturated carbocycles. The van der Waals surface area contributed by atoms with Crippen LogP contribution in [0.3, 0.4) is 0 Å². The number of ether oxygens (including phenoxy) is 1. The maximum Gasteiger partial charge on any atom is 0.434 e. The fourth-order valence-corrected chi connectivity index (χ4v) is 4.35. The van der Waals surface area contributed by atoms with Crippen LogP contribution in [-0.2, 0) is 15.7 Å². The lowest BCUT2D eigenvalue weighted by Gasteiger charge is -2.32. The van der Waals surface area contributed by atoms with Gasteiger partial charge in [0.2, 0.25) is 5.91 Å². The molecular weight excluding hydrogens is 425 g/mol. The number of hydrogen-bond acceptors (Lipinski definition) is 6. The van der Waals surface area contributed by atoms with Gasteiger partial charge < -0.3 is 4.74 Å². The Balaban J connectivity index is 1.82.